The molecule has 3 rings (SSSR count). The van der Waals surface area contributed by atoms with E-state index < -0.39 is 0 Å². The molecule has 0 spiro atoms. The first kappa shape index (κ1) is 13.8. The van der Waals surface area contributed by atoms with Crippen LogP contribution in [0.1, 0.15) is 16.8 Å². The fourth-order valence-electron chi connectivity index (χ4n) is 2.18. The number of rotatable bonds is 3. The molecule has 0 bridgehead atoms. The molecule has 0 amide bonds. The Balaban J connectivity index is 1.96. The maximum atomic E-state index is 12.0. The summed E-state index contributed by atoms with van der Waals surface area (Å²) in [6.07, 6.45) is 5.50. The Morgan fingerprint density at radius 1 is 1.32 bits per heavy atom. The zero-order valence-electron chi connectivity index (χ0n) is 12.0. The highest BCUT2D eigenvalue weighted by molar-refractivity contribution is 5.34. The molecule has 6 heteroatoms. The van der Waals surface area contributed by atoms with Crippen LogP contribution in [-0.4, -0.2) is 19.6 Å². The van der Waals surface area contributed by atoms with Crippen LogP contribution in [-0.2, 0) is 13.5 Å². The molecule has 3 aromatic rings. The molecule has 108 valence electrons. The van der Waals surface area contributed by atoms with Crippen molar-refractivity contribution in [3.63, 3.8) is 0 Å². The number of aryl methyl sites for hydroxylation is 1. The first-order valence-electron chi connectivity index (χ1n) is 6.72. The van der Waals surface area contributed by atoms with Gasteiger partial charge in [0.25, 0.3) is 0 Å². The van der Waals surface area contributed by atoms with E-state index in [1.165, 1.54) is 6.07 Å². The van der Waals surface area contributed by atoms with Crippen molar-refractivity contribution in [1.29, 1.82) is 5.26 Å². The predicted octanol–water partition coefficient (Wildman–Crippen LogP) is 1.43. The molecule has 0 aliphatic heterocycles. The first-order chi connectivity index (χ1) is 10.7. The lowest BCUT2D eigenvalue weighted by Crippen LogP contribution is -2.16. The molecule has 0 fully saturated rings. The van der Waals surface area contributed by atoms with Crippen molar-refractivity contribution in [2.24, 2.45) is 7.05 Å². The first-order valence-corrected chi connectivity index (χ1v) is 6.72. The normalized spacial score (nSPS) is 10.4. The predicted molar refractivity (Wildman–Crippen MR) is 80.6 cm³/mol. The third kappa shape index (κ3) is 2.79. The highest BCUT2D eigenvalue weighted by Gasteiger charge is 2.07. The second-order valence-electron chi connectivity index (χ2n) is 4.93. The van der Waals surface area contributed by atoms with Gasteiger partial charge in [-0.3, -0.25) is 9.48 Å². The maximum absolute atomic E-state index is 12.0. The number of hydrogen-bond acceptors (Lipinski definition) is 4. The minimum absolute atomic E-state index is 0.123. The number of benzene rings is 1. The standard InChI is InChI=1S/C16H13N5O/c1-20-11-14(10-18-20)21-6-5-16(22)15(19-21)8-12-3-2-4-13(7-12)9-17/h2-7,10-11H,8H2,1H3. The van der Waals surface area contributed by atoms with E-state index in [1.54, 1.807) is 40.0 Å². The van der Waals surface area contributed by atoms with Crippen LogP contribution in [0.5, 0.6) is 0 Å². The molecule has 6 nitrogen and oxygen atoms in total. The Bertz CT molecular complexity index is 917. The molecule has 0 unspecified atom stereocenters. The lowest BCUT2D eigenvalue weighted by Gasteiger charge is -2.05. The summed E-state index contributed by atoms with van der Waals surface area (Å²) in [6.45, 7) is 0. The van der Waals surface area contributed by atoms with Gasteiger partial charge in [-0.2, -0.15) is 15.5 Å². The minimum atomic E-state index is -0.123. The van der Waals surface area contributed by atoms with Crippen LogP contribution in [0, 0.1) is 11.3 Å². The topological polar surface area (TPSA) is 76.5 Å². The summed E-state index contributed by atoms with van der Waals surface area (Å²) in [7, 11) is 1.82. The number of nitriles is 1. The molecule has 0 aliphatic carbocycles. The van der Waals surface area contributed by atoms with Crippen molar-refractivity contribution in [2.45, 2.75) is 6.42 Å². The number of hydrogen-bond donors (Lipinski definition) is 0. The largest absolute Gasteiger partial charge is 0.288 e. The van der Waals surface area contributed by atoms with Gasteiger partial charge in [-0.05, 0) is 17.7 Å². The zero-order chi connectivity index (χ0) is 15.5. The minimum Gasteiger partial charge on any atom is -0.288 e. The van der Waals surface area contributed by atoms with Crippen molar-refractivity contribution in [3.05, 3.63) is 76.0 Å². The van der Waals surface area contributed by atoms with Gasteiger partial charge < -0.3 is 0 Å². The summed E-state index contributed by atoms with van der Waals surface area (Å²) in [6, 6.07) is 10.8. The Labute approximate surface area is 126 Å². The van der Waals surface area contributed by atoms with E-state index in [2.05, 4.69) is 16.3 Å². The van der Waals surface area contributed by atoms with Crippen LogP contribution >= 0.6 is 0 Å². The molecule has 0 atom stereocenters. The van der Waals surface area contributed by atoms with Crippen molar-refractivity contribution < 1.29 is 0 Å². The average molecular weight is 291 g/mol. The van der Waals surface area contributed by atoms with Gasteiger partial charge in [-0.25, -0.2) is 4.68 Å². The van der Waals surface area contributed by atoms with Gasteiger partial charge in [0.15, 0.2) is 0 Å². The Hall–Kier alpha value is -3.20. The van der Waals surface area contributed by atoms with Crippen molar-refractivity contribution in [1.82, 2.24) is 19.6 Å². The van der Waals surface area contributed by atoms with Crippen LogP contribution in [0.2, 0.25) is 0 Å². The molecule has 2 aromatic heterocycles. The Morgan fingerprint density at radius 2 is 2.18 bits per heavy atom. The third-order valence-corrected chi connectivity index (χ3v) is 3.26. The molecule has 0 saturated carbocycles. The van der Waals surface area contributed by atoms with Gasteiger partial charge in [0.2, 0.25) is 5.43 Å². The summed E-state index contributed by atoms with van der Waals surface area (Å²) in [5, 5.41) is 17.4. The van der Waals surface area contributed by atoms with Gasteiger partial charge in [-0.1, -0.05) is 12.1 Å². The van der Waals surface area contributed by atoms with E-state index in [1.807, 2.05) is 19.3 Å². The third-order valence-electron chi connectivity index (χ3n) is 3.26. The molecular formula is C16H13N5O. The number of aromatic nitrogens is 4. The van der Waals surface area contributed by atoms with Crippen LogP contribution in [0.15, 0.2) is 53.7 Å². The lowest BCUT2D eigenvalue weighted by atomic mass is 10.1. The molecule has 0 N–H and O–H groups in total. The highest BCUT2D eigenvalue weighted by Crippen LogP contribution is 2.09. The van der Waals surface area contributed by atoms with E-state index in [-0.39, 0.29) is 5.43 Å². The van der Waals surface area contributed by atoms with E-state index in [4.69, 9.17) is 5.26 Å². The van der Waals surface area contributed by atoms with Crippen LogP contribution in [0.3, 0.4) is 0 Å². The molecule has 0 saturated heterocycles. The smallest absolute Gasteiger partial charge is 0.203 e. The van der Waals surface area contributed by atoms with E-state index in [0.717, 1.165) is 11.3 Å². The summed E-state index contributed by atoms with van der Waals surface area (Å²) >= 11 is 0. The fourth-order valence-corrected chi connectivity index (χ4v) is 2.18. The molecule has 2 heterocycles. The zero-order valence-corrected chi connectivity index (χ0v) is 12.0. The molecule has 1 aromatic carbocycles. The van der Waals surface area contributed by atoms with E-state index >= 15 is 0 Å². The summed E-state index contributed by atoms with van der Waals surface area (Å²) in [5.41, 5.74) is 2.55. The highest BCUT2D eigenvalue weighted by atomic mass is 16.1. The van der Waals surface area contributed by atoms with Crippen LogP contribution < -0.4 is 5.43 Å². The van der Waals surface area contributed by atoms with Crippen molar-refractivity contribution >= 4 is 0 Å². The fraction of sp³-hybridized carbons (Fsp3) is 0.125. The second-order valence-corrected chi connectivity index (χ2v) is 4.93. The average Bonchev–Trinajstić information content (AvgIpc) is 2.96. The van der Waals surface area contributed by atoms with Gasteiger partial charge >= 0.3 is 0 Å². The summed E-state index contributed by atoms with van der Waals surface area (Å²) < 4.78 is 3.29. The van der Waals surface area contributed by atoms with Crippen LogP contribution in [0.4, 0.5) is 0 Å². The van der Waals surface area contributed by atoms with Gasteiger partial charge in [-0.15, -0.1) is 0 Å². The molecule has 22 heavy (non-hydrogen) atoms. The monoisotopic (exact) mass is 291 g/mol. The number of nitrogens with zero attached hydrogens (tertiary/aromatic N) is 5. The van der Waals surface area contributed by atoms with Gasteiger partial charge in [0.1, 0.15) is 11.4 Å². The van der Waals surface area contributed by atoms with Crippen LogP contribution in [0.25, 0.3) is 5.69 Å². The van der Waals surface area contributed by atoms with Crippen molar-refractivity contribution in [3.8, 4) is 11.8 Å². The SMILES string of the molecule is Cn1cc(-n2ccc(=O)c(Cc3cccc(C#N)c3)n2)cn1. The lowest BCUT2D eigenvalue weighted by molar-refractivity contribution is 0.762. The Kier molecular flexibility index (Phi) is 3.54. The van der Waals surface area contributed by atoms with Gasteiger partial charge in [0, 0.05) is 25.7 Å². The van der Waals surface area contributed by atoms with E-state index in [9.17, 15) is 4.79 Å². The maximum Gasteiger partial charge on any atom is 0.203 e. The van der Waals surface area contributed by atoms with Gasteiger partial charge in [0.05, 0.1) is 24.0 Å². The molecule has 0 aliphatic rings. The summed E-state index contributed by atoms with van der Waals surface area (Å²) in [4.78, 5) is 12.0. The van der Waals surface area contributed by atoms with Crippen molar-refractivity contribution in [2.75, 3.05) is 0 Å². The quantitative estimate of drug-likeness (QED) is 0.731. The molecule has 0 radical (unpaired) electrons. The Morgan fingerprint density at radius 3 is 2.91 bits per heavy atom. The second kappa shape index (κ2) is 5.66. The molecular weight excluding hydrogens is 278 g/mol. The van der Waals surface area contributed by atoms with E-state index in [0.29, 0.717) is 17.7 Å². The summed E-state index contributed by atoms with van der Waals surface area (Å²) in [5.74, 6) is 0.